The maximum absolute atomic E-state index is 11.6. The molecule has 3 nitrogen and oxygen atoms in total. The van der Waals surface area contributed by atoms with Crippen LogP contribution in [0.4, 0.5) is 0 Å². The van der Waals surface area contributed by atoms with Crippen LogP contribution < -0.4 is 0 Å². The van der Waals surface area contributed by atoms with Crippen molar-refractivity contribution in [3.05, 3.63) is 35.4 Å². The van der Waals surface area contributed by atoms with Gasteiger partial charge in [0.1, 0.15) is 0 Å². The number of hydrogen-bond donors (Lipinski definition) is 0. The fourth-order valence-electron chi connectivity index (χ4n) is 1.84. The zero-order valence-electron chi connectivity index (χ0n) is 8.40. The van der Waals surface area contributed by atoms with E-state index in [0.717, 1.165) is 5.56 Å². The predicted octanol–water partition coefficient (Wildman–Crippen LogP) is 1.59. The van der Waals surface area contributed by atoms with E-state index in [1.54, 1.807) is 24.3 Å². The maximum Gasteiger partial charge on any atom is 0.157 e. The van der Waals surface area contributed by atoms with Crippen molar-refractivity contribution in [2.45, 2.75) is 17.6 Å². The summed E-state index contributed by atoms with van der Waals surface area (Å²) in [6, 6.07) is 8.84. The second kappa shape index (κ2) is 3.07. The van der Waals surface area contributed by atoms with Gasteiger partial charge in [0.05, 0.1) is 16.4 Å². The number of nitrogens with zero attached hydrogens (tertiary/aromatic N) is 1. The van der Waals surface area contributed by atoms with Gasteiger partial charge >= 0.3 is 0 Å². The summed E-state index contributed by atoms with van der Waals surface area (Å²) in [5, 5.41) is 8.64. The van der Waals surface area contributed by atoms with Gasteiger partial charge in [0.15, 0.2) is 9.84 Å². The third-order valence-electron chi connectivity index (χ3n) is 2.95. The summed E-state index contributed by atoms with van der Waals surface area (Å²) in [6.45, 7) is 0. The van der Waals surface area contributed by atoms with Crippen molar-refractivity contribution >= 4 is 9.84 Å². The van der Waals surface area contributed by atoms with E-state index in [0.29, 0.717) is 18.4 Å². The number of sulfone groups is 1. The van der Waals surface area contributed by atoms with E-state index < -0.39 is 14.6 Å². The summed E-state index contributed by atoms with van der Waals surface area (Å²) >= 11 is 0. The second-order valence-corrected chi connectivity index (χ2v) is 6.28. The van der Waals surface area contributed by atoms with Gasteiger partial charge < -0.3 is 0 Å². The molecule has 1 aliphatic carbocycles. The summed E-state index contributed by atoms with van der Waals surface area (Å²) in [4.78, 5) is 0. The molecule has 0 saturated heterocycles. The molecular weight excluding hydrogens is 210 g/mol. The molecule has 0 bridgehead atoms. The Morgan fingerprint density at radius 1 is 1.27 bits per heavy atom. The summed E-state index contributed by atoms with van der Waals surface area (Å²) in [5.74, 6) is 0. The van der Waals surface area contributed by atoms with Gasteiger partial charge in [-0.2, -0.15) is 5.26 Å². The molecule has 15 heavy (non-hydrogen) atoms. The molecule has 0 radical (unpaired) electrons. The minimum atomic E-state index is -3.05. The Morgan fingerprint density at radius 3 is 2.13 bits per heavy atom. The number of hydrogen-bond acceptors (Lipinski definition) is 3. The smallest absolute Gasteiger partial charge is 0.157 e. The van der Waals surface area contributed by atoms with E-state index in [1.165, 1.54) is 6.26 Å². The molecule has 1 aliphatic rings. The largest absolute Gasteiger partial charge is 0.228 e. The molecule has 0 atom stereocenters. The van der Waals surface area contributed by atoms with Crippen LogP contribution in [0.2, 0.25) is 0 Å². The summed E-state index contributed by atoms with van der Waals surface area (Å²) in [7, 11) is -3.05. The molecule has 1 aromatic rings. The second-order valence-electron chi connectivity index (χ2n) is 3.96. The summed E-state index contributed by atoms with van der Waals surface area (Å²) in [5.41, 5.74) is 1.37. The molecular formula is C11H11NO2S. The van der Waals surface area contributed by atoms with Crippen LogP contribution in [-0.2, 0) is 14.6 Å². The van der Waals surface area contributed by atoms with E-state index in [2.05, 4.69) is 0 Å². The molecule has 78 valence electrons. The highest BCUT2D eigenvalue weighted by Crippen LogP contribution is 2.52. The lowest BCUT2D eigenvalue weighted by atomic mass is 10.1. The Bertz CT molecular complexity index is 519. The van der Waals surface area contributed by atoms with E-state index in [9.17, 15) is 8.42 Å². The van der Waals surface area contributed by atoms with Gasteiger partial charge in [-0.1, -0.05) is 12.1 Å². The van der Waals surface area contributed by atoms with E-state index in [4.69, 9.17) is 5.26 Å². The van der Waals surface area contributed by atoms with Crippen molar-refractivity contribution in [3.63, 3.8) is 0 Å². The van der Waals surface area contributed by atoms with Gasteiger partial charge in [-0.25, -0.2) is 8.42 Å². The van der Waals surface area contributed by atoms with Crippen LogP contribution in [0.25, 0.3) is 0 Å². The molecule has 0 unspecified atom stereocenters. The van der Waals surface area contributed by atoms with E-state index in [-0.39, 0.29) is 0 Å². The third kappa shape index (κ3) is 1.53. The molecule has 0 aromatic heterocycles. The lowest BCUT2D eigenvalue weighted by Crippen LogP contribution is -2.19. The molecule has 4 heteroatoms. The summed E-state index contributed by atoms with van der Waals surface area (Å²) in [6.07, 6.45) is 2.66. The van der Waals surface area contributed by atoms with Gasteiger partial charge in [0.2, 0.25) is 0 Å². The maximum atomic E-state index is 11.6. The first-order valence-electron chi connectivity index (χ1n) is 4.70. The molecule has 1 fully saturated rings. The molecule has 0 N–H and O–H groups in total. The van der Waals surface area contributed by atoms with Gasteiger partial charge in [0.25, 0.3) is 0 Å². The van der Waals surface area contributed by atoms with Crippen LogP contribution in [0.5, 0.6) is 0 Å². The van der Waals surface area contributed by atoms with Crippen molar-refractivity contribution in [1.29, 1.82) is 5.26 Å². The van der Waals surface area contributed by atoms with Crippen LogP contribution in [-0.4, -0.2) is 14.7 Å². The molecule has 2 rings (SSSR count). The lowest BCUT2D eigenvalue weighted by molar-refractivity contribution is 0.586. The van der Waals surface area contributed by atoms with Gasteiger partial charge in [-0.05, 0) is 30.5 Å². The fourth-order valence-corrected chi connectivity index (χ4v) is 3.24. The fraction of sp³-hybridized carbons (Fsp3) is 0.364. The Hall–Kier alpha value is -1.34. The first-order valence-corrected chi connectivity index (χ1v) is 6.59. The monoisotopic (exact) mass is 221 g/mol. The number of benzene rings is 1. The Kier molecular flexibility index (Phi) is 2.09. The van der Waals surface area contributed by atoms with Crippen molar-refractivity contribution in [3.8, 4) is 6.07 Å². The van der Waals surface area contributed by atoms with Crippen molar-refractivity contribution < 1.29 is 8.42 Å². The minimum absolute atomic E-state index is 0.558. The van der Waals surface area contributed by atoms with Crippen LogP contribution in [0.15, 0.2) is 24.3 Å². The molecule has 0 heterocycles. The van der Waals surface area contributed by atoms with Gasteiger partial charge in [-0.3, -0.25) is 0 Å². The van der Waals surface area contributed by atoms with Crippen molar-refractivity contribution in [1.82, 2.24) is 0 Å². The number of rotatable bonds is 2. The standard InChI is InChI=1S/C11H11NO2S/c1-15(13,14)11(6-7-11)10-4-2-9(8-12)3-5-10/h2-5H,6-7H2,1H3. The summed E-state index contributed by atoms with van der Waals surface area (Å²) < 4.78 is 22.5. The molecule has 1 aromatic carbocycles. The highest BCUT2D eigenvalue weighted by molar-refractivity contribution is 7.92. The number of nitriles is 1. The molecule has 0 amide bonds. The van der Waals surface area contributed by atoms with Crippen LogP contribution in [0.3, 0.4) is 0 Å². The van der Waals surface area contributed by atoms with Gasteiger partial charge in [-0.15, -0.1) is 0 Å². The van der Waals surface area contributed by atoms with Crippen LogP contribution >= 0.6 is 0 Å². The highest BCUT2D eigenvalue weighted by atomic mass is 32.2. The Balaban J connectivity index is 2.44. The van der Waals surface area contributed by atoms with Crippen molar-refractivity contribution in [2.24, 2.45) is 0 Å². The van der Waals surface area contributed by atoms with Crippen LogP contribution in [0.1, 0.15) is 24.0 Å². The predicted molar refractivity (Wildman–Crippen MR) is 56.9 cm³/mol. The third-order valence-corrected chi connectivity index (χ3v) is 5.02. The normalized spacial score (nSPS) is 18.1. The SMILES string of the molecule is CS(=O)(=O)C1(c2ccc(C#N)cc2)CC1. The molecule has 0 spiro atoms. The Morgan fingerprint density at radius 2 is 1.80 bits per heavy atom. The van der Waals surface area contributed by atoms with E-state index in [1.807, 2.05) is 6.07 Å². The van der Waals surface area contributed by atoms with Crippen molar-refractivity contribution in [2.75, 3.05) is 6.26 Å². The average molecular weight is 221 g/mol. The molecule has 1 saturated carbocycles. The first kappa shape index (κ1) is 10.2. The highest BCUT2D eigenvalue weighted by Gasteiger charge is 2.53. The van der Waals surface area contributed by atoms with Crippen LogP contribution in [0, 0.1) is 11.3 Å². The first-order chi connectivity index (χ1) is 6.99. The quantitative estimate of drug-likeness (QED) is 0.762. The Labute approximate surface area is 89.3 Å². The zero-order chi connectivity index (χ0) is 11.1. The topological polar surface area (TPSA) is 57.9 Å². The van der Waals surface area contributed by atoms with E-state index >= 15 is 0 Å². The average Bonchev–Trinajstić information content (AvgIpc) is 2.98. The minimum Gasteiger partial charge on any atom is -0.228 e. The van der Waals surface area contributed by atoms with Gasteiger partial charge in [0, 0.05) is 6.26 Å². The molecule has 0 aliphatic heterocycles. The zero-order valence-corrected chi connectivity index (χ0v) is 9.21. The lowest BCUT2D eigenvalue weighted by Gasteiger charge is -2.12.